The average molecular weight is 140 g/mol. The molecule has 0 saturated heterocycles. The van der Waals surface area contributed by atoms with Gasteiger partial charge in [-0.15, -0.1) is 5.10 Å². The monoisotopic (exact) mass is 140 g/mol. The Morgan fingerprint density at radius 3 is 2.70 bits per heavy atom. The fourth-order valence-corrected chi connectivity index (χ4v) is 0.527. The molecule has 0 atom stereocenters. The first kappa shape index (κ1) is 6.85. The van der Waals surface area contributed by atoms with Gasteiger partial charge in [0.15, 0.2) is 0 Å². The summed E-state index contributed by atoms with van der Waals surface area (Å²) in [5.41, 5.74) is 0. The predicted octanol–water partition coefficient (Wildman–Crippen LogP) is -0.0307. The van der Waals surface area contributed by atoms with Crippen molar-refractivity contribution in [1.29, 1.82) is 0 Å². The van der Waals surface area contributed by atoms with E-state index in [1.54, 1.807) is 13.8 Å². The molecule has 0 unspecified atom stereocenters. The van der Waals surface area contributed by atoms with Gasteiger partial charge in [-0.25, -0.2) is 0 Å². The Hall–Kier alpha value is -1.26. The summed E-state index contributed by atoms with van der Waals surface area (Å²) in [5, 5.41) is 10.1. The number of hydrogen-bond donors (Lipinski definition) is 0. The molecule has 10 heavy (non-hydrogen) atoms. The lowest BCUT2D eigenvalue weighted by Gasteiger charge is -1.98. The molecule has 1 aromatic rings. The molecule has 0 fully saturated rings. The number of aromatic nitrogens is 4. The number of rotatable bonds is 1. The molecule has 0 aromatic carbocycles. The average Bonchev–Trinajstić information content (AvgIpc) is 2.36. The van der Waals surface area contributed by atoms with Crippen LogP contribution in [0.25, 0.3) is 0 Å². The van der Waals surface area contributed by atoms with E-state index in [-0.39, 0.29) is 11.8 Å². The van der Waals surface area contributed by atoms with Crippen molar-refractivity contribution in [1.82, 2.24) is 20.2 Å². The summed E-state index contributed by atoms with van der Waals surface area (Å²) in [5.74, 6) is -0.159. The second kappa shape index (κ2) is 2.55. The molecule has 0 amide bonds. The van der Waals surface area contributed by atoms with E-state index in [4.69, 9.17) is 0 Å². The third kappa shape index (κ3) is 1.18. The van der Waals surface area contributed by atoms with E-state index in [9.17, 15) is 4.79 Å². The smallest absolute Gasteiger partial charge is 0.252 e. The third-order valence-electron chi connectivity index (χ3n) is 1.07. The molecule has 0 N–H and O–H groups in total. The van der Waals surface area contributed by atoms with Gasteiger partial charge in [-0.05, 0) is 10.4 Å². The van der Waals surface area contributed by atoms with Crippen LogP contribution in [0.2, 0.25) is 0 Å². The van der Waals surface area contributed by atoms with E-state index >= 15 is 0 Å². The van der Waals surface area contributed by atoms with Crippen molar-refractivity contribution in [2.75, 3.05) is 0 Å². The Morgan fingerprint density at radius 1 is 1.60 bits per heavy atom. The summed E-state index contributed by atoms with van der Waals surface area (Å²) in [4.78, 5) is 11.0. The predicted molar refractivity (Wildman–Crippen MR) is 33.3 cm³/mol. The van der Waals surface area contributed by atoms with E-state index in [1.807, 2.05) is 0 Å². The zero-order chi connectivity index (χ0) is 7.56. The van der Waals surface area contributed by atoms with E-state index in [0.29, 0.717) is 0 Å². The lowest BCUT2D eigenvalue weighted by Crippen LogP contribution is -2.17. The first-order valence-corrected chi connectivity index (χ1v) is 2.99. The summed E-state index contributed by atoms with van der Waals surface area (Å²) < 4.78 is 1.13. The highest BCUT2D eigenvalue weighted by Crippen LogP contribution is 1.94. The van der Waals surface area contributed by atoms with Crippen LogP contribution in [0.3, 0.4) is 0 Å². The fourth-order valence-electron chi connectivity index (χ4n) is 0.527. The summed E-state index contributed by atoms with van der Waals surface area (Å²) in [6.07, 6.45) is 1.29. The lowest BCUT2D eigenvalue weighted by molar-refractivity contribution is 0.0836. The maximum absolute atomic E-state index is 11.0. The number of carbonyl (C=O) groups excluding carboxylic acids is 1. The first-order valence-electron chi connectivity index (χ1n) is 2.99. The number of hydrogen-bond acceptors (Lipinski definition) is 4. The molecule has 5 nitrogen and oxygen atoms in total. The van der Waals surface area contributed by atoms with Gasteiger partial charge in [0.2, 0.25) is 0 Å². The normalized spacial score (nSPS) is 10.3. The van der Waals surface area contributed by atoms with Crippen molar-refractivity contribution in [2.24, 2.45) is 5.92 Å². The van der Waals surface area contributed by atoms with Crippen molar-refractivity contribution in [3.8, 4) is 0 Å². The van der Waals surface area contributed by atoms with Crippen LogP contribution in [0.4, 0.5) is 0 Å². The summed E-state index contributed by atoms with van der Waals surface area (Å²) in [6, 6.07) is 0. The van der Waals surface area contributed by atoms with E-state index < -0.39 is 0 Å². The van der Waals surface area contributed by atoms with Crippen LogP contribution in [0.5, 0.6) is 0 Å². The lowest BCUT2D eigenvalue weighted by atomic mass is 10.2. The molecule has 0 aliphatic heterocycles. The van der Waals surface area contributed by atoms with Crippen LogP contribution >= 0.6 is 0 Å². The molecule has 54 valence electrons. The van der Waals surface area contributed by atoms with Gasteiger partial charge >= 0.3 is 0 Å². The van der Waals surface area contributed by atoms with Gasteiger partial charge in [0.05, 0.1) is 0 Å². The number of tetrazole rings is 1. The highest BCUT2D eigenvalue weighted by molar-refractivity contribution is 5.79. The van der Waals surface area contributed by atoms with Crippen LogP contribution in [0, 0.1) is 5.92 Å². The SMILES string of the molecule is CC(C)C(=O)n1cnnn1. The molecule has 0 aliphatic carbocycles. The summed E-state index contributed by atoms with van der Waals surface area (Å²) >= 11 is 0. The van der Waals surface area contributed by atoms with Crippen molar-refractivity contribution >= 4 is 5.91 Å². The van der Waals surface area contributed by atoms with Gasteiger partial charge in [-0.2, -0.15) is 4.68 Å². The maximum atomic E-state index is 11.0. The molecule has 0 bridgehead atoms. The molecule has 1 heterocycles. The summed E-state index contributed by atoms with van der Waals surface area (Å²) in [7, 11) is 0. The number of nitrogens with zero attached hydrogens (tertiary/aromatic N) is 4. The molecule has 0 aliphatic rings. The highest BCUT2D eigenvalue weighted by Gasteiger charge is 2.09. The van der Waals surface area contributed by atoms with E-state index in [1.165, 1.54) is 6.33 Å². The molecule has 5 heteroatoms. The second-order valence-electron chi connectivity index (χ2n) is 2.25. The molecule has 1 rings (SSSR count). The minimum Gasteiger partial charge on any atom is -0.272 e. The van der Waals surface area contributed by atoms with Gasteiger partial charge in [0, 0.05) is 5.92 Å². The fraction of sp³-hybridized carbons (Fsp3) is 0.600. The van der Waals surface area contributed by atoms with Crippen LogP contribution in [-0.2, 0) is 0 Å². The molecule has 0 radical (unpaired) electrons. The van der Waals surface area contributed by atoms with Crippen molar-refractivity contribution in [2.45, 2.75) is 13.8 Å². The van der Waals surface area contributed by atoms with Gasteiger partial charge < -0.3 is 0 Å². The molecular weight excluding hydrogens is 132 g/mol. The minimum absolute atomic E-state index is 0.0662. The highest BCUT2D eigenvalue weighted by atomic mass is 16.2. The molecule has 0 spiro atoms. The second-order valence-corrected chi connectivity index (χ2v) is 2.25. The minimum atomic E-state index is -0.0926. The van der Waals surface area contributed by atoms with E-state index in [0.717, 1.165) is 4.68 Å². The van der Waals surface area contributed by atoms with Crippen LogP contribution in [0.15, 0.2) is 6.33 Å². The summed E-state index contributed by atoms with van der Waals surface area (Å²) in [6.45, 7) is 3.59. The third-order valence-corrected chi connectivity index (χ3v) is 1.07. The standard InChI is InChI=1S/C5H8N4O/c1-4(2)5(10)9-3-6-7-8-9/h3-4H,1-2H3. The quantitative estimate of drug-likeness (QED) is 0.514. The van der Waals surface area contributed by atoms with Gasteiger partial charge in [-0.3, -0.25) is 4.79 Å². The first-order chi connectivity index (χ1) is 4.72. The Kier molecular flexibility index (Phi) is 1.75. The van der Waals surface area contributed by atoms with Gasteiger partial charge in [0.25, 0.3) is 5.91 Å². The Bertz CT molecular complexity index is 216. The maximum Gasteiger partial charge on any atom is 0.252 e. The largest absolute Gasteiger partial charge is 0.272 e. The van der Waals surface area contributed by atoms with Crippen molar-refractivity contribution < 1.29 is 4.79 Å². The van der Waals surface area contributed by atoms with Crippen LogP contribution in [0.1, 0.15) is 18.6 Å². The molecular formula is C5H8N4O. The Morgan fingerprint density at radius 2 is 2.30 bits per heavy atom. The van der Waals surface area contributed by atoms with Crippen molar-refractivity contribution in [3.05, 3.63) is 6.33 Å². The zero-order valence-electron chi connectivity index (χ0n) is 5.85. The Balaban J connectivity index is 2.78. The molecule has 0 saturated carbocycles. The van der Waals surface area contributed by atoms with E-state index in [2.05, 4.69) is 15.5 Å². The van der Waals surface area contributed by atoms with Crippen LogP contribution < -0.4 is 0 Å². The van der Waals surface area contributed by atoms with Crippen molar-refractivity contribution in [3.63, 3.8) is 0 Å². The van der Waals surface area contributed by atoms with Gasteiger partial charge in [-0.1, -0.05) is 13.8 Å². The molecule has 1 aromatic heterocycles. The topological polar surface area (TPSA) is 60.7 Å². The van der Waals surface area contributed by atoms with Gasteiger partial charge in [0.1, 0.15) is 6.33 Å². The number of carbonyl (C=O) groups is 1. The zero-order valence-corrected chi connectivity index (χ0v) is 5.85. The van der Waals surface area contributed by atoms with Crippen LogP contribution in [-0.4, -0.2) is 26.1 Å². The Labute approximate surface area is 58.0 Å².